The lowest BCUT2D eigenvalue weighted by atomic mass is 9.85. The molecule has 0 saturated carbocycles. The van der Waals surface area contributed by atoms with Crippen molar-refractivity contribution in [1.82, 2.24) is 0 Å². The van der Waals surface area contributed by atoms with Crippen molar-refractivity contribution < 1.29 is 9.47 Å². The Hall–Kier alpha value is -1.96. The minimum atomic E-state index is 0.439. The van der Waals surface area contributed by atoms with Crippen LogP contribution in [0.3, 0.4) is 0 Å². The van der Waals surface area contributed by atoms with Crippen LogP contribution in [0.15, 0.2) is 30.3 Å². The molecule has 0 aliphatic rings. The summed E-state index contributed by atoms with van der Waals surface area (Å²) in [7, 11) is 3.43. The van der Waals surface area contributed by atoms with Crippen LogP contribution < -0.4 is 9.47 Å². The molecule has 0 bridgehead atoms. The van der Waals surface area contributed by atoms with Gasteiger partial charge in [-0.05, 0) is 60.9 Å². The summed E-state index contributed by atoms with van der Waals surface area (Å²) in [6.07, 6.45) is 3.22. The summed E-state index contributed by atoms with van der Waals surface area (Å²) in [6, 6.07) is 11.0. The van der Waals surface area contributed by atoms with E-state index in [1.807, 2.05) is 0 Å². The zero-order chi connectivity index (χ0) is 17.7. The second kappa shape index (κ2) is 8.23. The smallest absolute Gasteiger partial charge is 0.163 e. The van der Waals surface area contributed by atoms with Crippen LogP contribution in [0.25, 0.3) is 0 Å². The summed E-state index contributed by atoms with van der Waals surface area (Å²) >= 11 is 0. The normalized spacial score (nSPS) is 12.1. The molecule has 2 aromatic rings. The van der Waals surface area contributed by atoms with Gasteiger partial charge in [-0.2, -0.15) is 0 Å². The Morgan fingerprint density at radius 3 is 2.21 bits per heavy atom. The molecule has 0 fully saturated rings. The van der Waals surface area contributed by atoms with Crippen molar-refractivity contribution in [1.29, 1.82) is 0 Å². The quantitative estimate of drug-likeness (QED) is 0.657. The highest BCUT2D eigenvalue weighted by Crippen LogP contribution is 2.40. The molecule has 0 aliphatic carbocycles. The molecule has 1 atom stereocenters. The number of rotatable bonds is 7. The molecule has 1 unspecified atom stereocenters. The Bertz CT molecular complexity index is 671. The molecular weight excluding hydrogens is 296 g/mol. The average Bonchev–Trinajstić information content (AvgIpc) is 2.56. The maximum absolute atomic E-state index is 5.63. The highest BCUT2D eigenvalue weighted by Gasteiger charge is 2.20. The van der Waals surface area contributed by atoms with Crippen LogP contribution in [0.2, 0.25) is 0 Å². The van der Waals surface area contributed by atoms with Gasteiger partial charge in [-0.25, -0.2) is 0 Å². The van der Waals surface area contributed by atoms with Gasteiger partial charge in [0.05, 0.1) is 14.2 Å². The Kier molecular flexibility index (Phi) is 6.30. The highest BCUT2D eigenvalue weighted by molar-refractivity contribution is 5.55. The molecule has 2 aromatic carbocycles. The maximum Gasteiger partial charge on any atom is 0.163 e. The first-order valence-electron chi connectivity index (χ1n) is 8.81. The van der Waals surface area contributed by atoms with E-state index in [0.717, 1.165) is 30.8 Å². The van der Waals surface area contributed by atoms with Gasteiger partial charge in [-0.3, -0.25) is 0 Å². The van der Waals surface area contributed by atoms with E-state index < -0.39 is 0 Å². The van der Waals surface area contributed by atoms with Crippen molar-refractivity contribution >= 4 is 0 Å². The van der Waals surface area contributed by atoms with Gasteiger partial charge >= 0.3 is 0 Å². The molecule has 0 aromatic heterocycles. The number of hydrogen-bond acceptors (Lipinski definition) is 2. The second-order valence-electron chi connectivity index (χ2n) is 6.65. The van der Waals surface area contributed by atoms with E-state index in [2.05, 4.69) is 58.0 Å². The van der Waals surface area contributed by atoms with Crippen LogP contribution in [-0.4, -0.2) is 14.2 Å². The minimum absolute atomic E-state index is 0.439. The van der Waals surface area contributed by atoms with Crippen molar-refractivity contribution in [2.75, 3.05) is 14.2 Å². The second-order valence-corrected chi connectivity index (χ2v) is 6.65. The third-order valence-corrected chi connectivity index (χ3v) is 4.72. The summed E-state index contributed by atoms with van der Waals surface area (Å²) in [5, 5.41) is 0. The summed E-state index contributed by atoms with van der Waals surface area (Å²) in [4.78, 5) is 0. The van der Waals surface area contributed by atoms with Crippen molar-refractivity contribution in [3.8, 4) is 11.5 Å². The first-order valence-corrected chi connectivity index (χ1v) is 8.81. The third kappa shape index (κ3) is 3.92. The number of methoxy groups -OCH3 is 2. The third-order valence-electron chi connectivity index (χ3n) is 4.72. The predicted molar refractivity (Wildman–Crippen MR) is 102 cm³/mol. The Labute approximate surface area is 146 Å². The van der Waals surface area contributed by atoms with Gasteiger partial charge in [0.15, 0.2) is 11.5 Å². The lowest BCUT2D eigenvalue weighted by Gasteiger charge is -2.23. The summed E-state index contributed by atoms with van der Waals surface area (Å²) in [6.45, 7) is 8.82. The topological polar surface area (TPSA) is 18.5 Å². The van der Waals surface area contributed by atoms with Gasteiger partial charge in [0, 0.05) is 0 Å². The lowest BCUT2D eigenvalue weighted by molar-refractivity contribution is 0.351. The van der Waals surface area contributed by atoms with E-state index in [9.17, 15) is 0 Å². The van der Waals surface area contributed by atoms with Crippen LogP contribution in [0.5, 0.6) is 11.5 Å². The van der Waals surface area contributed by atoms with Gasteiger partial charge in [-0.15, -0.1) is 0 Å². The van der Waals surface area contributed by atoms with Gasteiger partial charge in [0.25, 0.3) is 0 Å². The van der Waals surface area contributed by atoms with E-state index in [0.29, 0.717) is 5.92 Å². The predicted octanol–water partition coefficient (Wildman–Crippen LogP) is 5.62. The largest absolute Gasteiger partial charge is 0.493 e. The fourth-order valence-electron chi connectivity index (χ4n) is 3.60. The fraction of sp³-hybridized carbons (Fsp3) is 0.455. The molecule has 0 radical (unpaired) electrons. The van der Waals surface area contributed by atoms with Gasteiger partial charge in [0.1, 0.15) is 0 Å². The average molecular weight is 326 g/mol. The Morgan fingerprint density at radius 2 is 1.67 bits per heavy atom. The zero-order valence-corrected chi connectivity index (χ0v) is 15.9. The maximum atomic E-state index is 5.63. The lowest BCUT2D eigenvalue weighted by Crippen LogP contribution is -2.08. The van der Waals surface area contributed by atoms with Crippen molar-refractivity contribution in [3.63, 3.8) is 0 Å². The summed E-state index contributed by atoms with van der Waals surface area (Å²) < 4.78 is 11.2. The number of benzene rings is 2. The van der Waals surface area contributed by atoms with Crippen molar-refractivity contribution in [3.05, 3.63) is 58.1 Å². The molecule has 0 saturated heterocycles. The molecule has 2 nitrogen and oxygen atoms in total. The Morgan fingerprint density at radius 1 is 1.00 bits per heavy atom. The van der Waals surface area contributed by atoms with Gasteiger partial charge < -0.3 is 9.47 Å². The van der Waals surface area contributed by atoms with Crippen LogP contribution in [-0.2, 0) is 12.8 Å². The molecule has 0 amide bonds. The molecule has 0 heterocycles. The number of hydrogen-bond donors (Lipinski definition) is 0. The monoisotopic (exact) mass is 326 g/mol. The number of ether oxygens (including phenoxy) is 2. The van der Waals surface area contributed by atoms with Crippen LogP contribution in [0.1, 0.15) is 54.0 Å². The van der Waals surface area contributed by atoms with Crippen molar-refractivity contribution in [2.45, 2.75) is 52.9 Å². The molecule has 130 valence electrons. The fourth-order valence-corrected chi connectivity index (χ4v) is 3.60. The molecule has 2 heteroatoms. The molecule has 0 N–H and O–H groups in total. The first kappa shape index (κ1) is 18.4. The van der Waals surface area contributed by atoms with Gasteiger partial charge in [-0.1, -0.05) is 50.1 Å². The van der Waals surface area contributed by atoms with E-state index in [1.54, 1.807) is 14.2 Å². The van der Waals surface area contributed by atoms with Crippen LogP contribution >= 0.6 is 0 Å². The van der Waals surface area contributed by atoms with Crippen LogP contribution in [0, 0.1) is 13.8 Å². The van der Waals surface area contributed by atoms with Gasteiger partial charge in [0.2, 0.25) is 0 Å². The summed E-state index contributed by atoms with van der Waals surface area (Å²) in [5.41, 5.74) is 6.69. The highest BCUT2D eigenvalue weighted by atomic mass is 16.5. The van der Waals surface area contributed by atoms with E-state index in [-0.39, 0.29) is 0 Å². The van der Waals surface area contributed by atoms with Crippen LogP contribution in [0.4, 0.5) is 0 Å². The molecule has 0 spiro atoms. The number of aryl methyl sites for hydroxylation is 2. The molecule has 0 aliphatic heterocycles. The van der Waals surface area contributed by atoms with Crippen molar-refractivity contribution in [2.24, 2.45) is 0 Å². The minimum Gasteiger partial charge on any atom is -0.493 e. The molecule has 2 rings (SSSR count). The van der Waals surface area contributed by atoms with E-state index >= 15 is 0 Å². The standard InChI is InChI=1S/C22H30O2/c1-7-8-19-14-20(23-5)22(24-6)17(4)21(19)16(3)13-18-11-9-15(2)10-12-18/h9-12,14,16H,7-8,13H2,1-6H3. The summed E-state index contributed by atoms with van der Waals surface area (Å²) in [5.74, 6) is 2.14. The molecular formula is C22H30O2. The first-order chi connectivity index (χ1) is 11.5. The molecule has 24 heavy (non-hydrogen) atoms. The Balaban J connectivity index is 2.43. The zero-order valence-electron chi connectivity index (χ0n) is 15.9. The SMILES string of the molecule is CCCc1cc(OC)c(OC)c(C)c1C(C)Cc1ccc(C)cc1. The van der Waals surface area contributed by atoms with E-state index in [1.165, 1.54) is 27.8 Å². The van der Waals surface area contributed by atoms with E-state index in [4.69, 9.17) is 9.47 Å².